The number of anilines is 1. The van der Waals surface area contributed by atoms with E-state index in [1.54, 1.807) is 56.3 Å². The van der Waals surface area contributed by atoms with Gasteiger partial charge in [-0.2, -0.15) is 0 Å². The number of nitrogens with zero attached hydrogens (tertiary/aromatic N) is 4. The van der Waals surface area contributed by atoms with Gasteiger partial charge >= 0.3 is 6.09 Å². The highest BCUT2D eigenvalue weighted by Crippen LogP contribution is 2.30. The van der Waals surface area contributed by atoms with Crippen LogP contribution in [0.5, 0.6) is 0 Å². The van der Waals surface area contributed by atoms with Crippen molar-refractivity contribution in [1.82, 2.24) is 25.1 Å². The summed E-state index contributed by atoms with van der Waals surface area (Å²) in [6, 6.07) is 26.4. The Morgan fingerprint density at radius 3 is 2.17 bits per heavy atom. The summed E-state index contributed by atoms with van der Waals surface area (Å²) >= 11 is 0. The van der Waals surface area contributed by atoms with Crippen LogP contribution in [0.15, 0.2) is 106 Å². The van der Waals surface area contributed by atoms with Crippen molar-refractivity contribution >= 4 is 23.5 Å². The van der Waals surface area contributed by atoms with Gasteiger partial charge in [-0.1, -0.05) is 105 Å². The number of amides is 2. The molecule has 2 aromatic heterocycles. The Labute approximate surface area is 277 Å². The van der Waals surface area contributed by atoms with Gasteiger partial charge in [0.15, 0.2) is 0 Å². The lowest BCUT2D eigenvalue weighted by atomic mass is 9.85. The average Bonchev–Trinajstić information content (AvgIpc) is 3.61. The SMILES string of the molecule is CC(C)[C@H](NC(=O)Cn1c(-c2ccccc2)ncc(NC(=O)OCc2ccccc2)c1=O)C(=O)c1nnc(C(C)(C)c2ccccc2)o1. The van der Waals surface area contributed by atoms with Crippen LogP contribution in [-0.4, -0.2) is 43.6 Å². The maximum Gasteiger partial charge on any atom is 0.412 e. The molecule has 0 aliphatic heterocycles. The van der Waals surface area contributed by atoms with Crippen LogP contribution in [0.2, 0.25) is 0 Å². The van der Waals surface area contributed by atoms with Crippen LogP contribution in [0.25, 0.3) is 11.4 Å². The maximum absolute atomic E-state index is 13.7. The van der Waals surface area contributed by atoms with Gasteiger partial charge in [-0.15, -0.1) is 10.2 Å². The zero-order chi connectivity index (χ0) is 34.3. The van der Waals surface area contributed by atoms with Crippen molar-refractivity contribution in [3.05, 3.63) is 130 Å². The summed E-state index contributed by atoms with van der Waals surface area (Å²) in [6.45, 7) is 6.85. The lowest BCUT2D eigenvalue weighted by Crippen LogP contribution is -2.46. The first-order valence-corrected chi connectivity index (χ1v) is 15.4. The Bertz CT molecular complexity index is 1940. The number of ether oxygens (including phenoxy) is 1. The third-order valence-corrected chi connectivity index (χ3v) is 7.76. The van der Waals surface area contributed by atoms with E-state index in [4.69, 9.17) is 9.15 Å². The summed E-state index contributed by atoms with van der Waals surface area (Å²) < 4.78 is 12.2. The van der Waals surface area contributed by atoms with Gasteiger partial charge in [0, 0.05) is 5.56 Å². The molecule has 0 unspecified atom stereocenters. The highest BCUT2D eigenvalue weighted by Gasteiger charge is 2.34. The summed E-state index contributed by atoms with van der Waals surface area (Å²) in [5.41, 5.74) is 0.722. The lowest BCUT2D eigenvalue weighted by molar-refractivity contribution is -0.122. The molecule has 0 fully saturated rings. The molecular formula is C36H36N6O6. The molecule has 0 radical (unpaired) electrons. The van der Waals surface area contributed by atoms with Gasteiger partial charge in [-0.3, -0.25) is 24.3 Å². The topological polar surface area (TPSA) is 158 Å². The van der Waals surface area contributed by atoms with E-state index in [2.05, 4.69) is 25.8 Å². The molecule has 0 spiro atoms. The molecule has 0 saturated heterocycles. The zero-order valence-corrected chi connectivity index (χ0v) is 27.0. The molecule has 12 nitrogen and oxygen atoms in total. The first kappa shape index (κ1) is 33.5. The second-order valence-corrected chi connectivity index (χ2v) is 12.0. The number of nitrogens with one attached hydrogen (secondary N) is 2. The smallest absolute Gasteiger partial charge is 0.412 e. The van der Waals surface area contributed by atoms with E-state index in [1.807, 2.05) is 62.4 Å². The van der Waals surface area contributed by atoms with Crippen molar-refractivity contribution in [2.75, 3.05) is 5.32 Å². The summed E-state index contributed by atoms with van der Waals surface area (Å²) in [4.78, 5) is 57.7. The fraction of sp³-hybridized carbons (Fsp3) is 0.250. The van der Waals surface area contributed by atoms with Crippen LogP contribution in [0, 0.1) is 5.92 Å². The van der Waals surface area contributed by atoms with Crippen molar-refractivity contribution in [1.29, 1.82) is 0 Å². The fourth-order valence-electron chi connectivity index (χ4n) is 5.00. The van der Waals surface area contributed by atoms with E-state index >= 15 is 0 Å². The minimum Gasteiger partial charge on any atom is -0.444 e. The predicted molar refractivity (Wildman–Crippen MR) is 178 cm³/mol. The number of hydrogen-bond acceptors (Lipinski definition) is 9. The minimum atomic E-state index is -1.04. The Balaban J connectivity index is 1.35. The third-order valence-electron chi connectivity index (χ3n) is 7.76. The third kappa shape index (κ3) is 7.72. The van der Waals surface area contributed by atoms with Gasteiger partial charge in [0.05, 0.1) is 17.7 Å². The summed E-state index contributed by atoms with van der Waals surface area (Å²) in [6.07, 6.45) is 0.356. The molecule has 48 heavy (non-hydrogen) atoms. The predicted octanol–water partition coefficient (Wildman–Crippen LogP) is 5.39. The number of benzene rings is 3. The average molecular weight is 649 g/mol. The molecule has 0 saturated carbocycles. The Morgan fingerprint density at radius 2 is 1.52 bits per heavy atom. The van der Waals surface area contributed by atoms with Gasteiger partial charge in [0.25, 0.3) is 11.4 Å². The number of hydrogen-bond donors (Lipinski definition) is 2. The van der Waals surface area contributed by atoms with E-state index in [9.17, 15) is 19.2 Å². The molecule has 0 aliphatic rings. The van der Waals surface area contributed by atoms with Gasteiger partial charge in [0.2, 0.25) is 17.6 Å². The van der Waals surface area contributed by atoms with Crippen LogP contribution in [0.1, 0.15) is 55.4 Å². The minimum absolute atomic E-state index is 0.00525. The molecule has 2 heterocycles. The molecule has 2 amide bonds. The van der Waals surface area contributed by atoms with Gasteiger partial charge < -0.3 is 14.5 Å². The normalized spacial score (nSPS) is 11.9. The Hall–Kier alpha value is -5.91. The van der Waals surface area contributed by atoms with Crippen LogP contribution in [-0.2, 0) is 28.1 Å². The van der Waals surface area contributed by atoms with Crippen molar-refractivity contribution in [3.8, 4) is 11.4 Å². The number of aromatic nitrogens is 4. The van der Waals surface area contributed by atoms with E-state index < -0.39 is 41.3 Å². The number of carbonyl (C=O) groups excluding carboxylic acids is 3. The fourth-order valence-corrected chi connectivity index (χ4v) is 5.00. The van der Waals surface area contributed by atoms with E-state index in [0.29, 0.717) is 5.56 Å². The first-order chi connectivity index (χ1) is 23.0. The summed E-state index contributed by atoms with van der Waals surface area (Å²) in [5.74, 6) is -1.37. The quantitative estimate of drug-likeness (QED) is 0.169. The van der Waals surface area contributed by atoms with Crippen LogP contribution in [0.3, 0.4) is 0 Å². The zero-order valence-electron chi connectivity index (χ0n) is 27.0. The second kappa shape index (κ2) is 14.7. The molecular weight excluding hydrogens is 612 g/mol. The monoisotopic (exact) mass is 648 g/mol. The first-order valence-electron chi connectivity index (χ1n) is 15.4. The number of ketones is 1. The van der Waals surface area contributed by atoms with E-state index in [1.165, 1.54) is 6.20 Å². The van der Waals surface area contributed by atoms with E-state index in [0.717, 1.165) is 15.7 Å². The molecule has 5 rings (SSSR count). The number of rotatable bonds is 12. The molecule has 0 bridgehead atoms. The molecule has 3 aromatic carbocycles. The highest BCUT2D eigenvalue weighted by atomic mass is 16.5. The van der Waals surface area contributed by atoms with Crippen LogP contribution < -0.4 is 16.2 Å². The standard InChI is InChI=1S/C36H36N6O6/c1-23(2)29(30(44)32-40-41-34(48-32)36(3,4)26-18-12-7-13-19-26)39-28(43)21-42-31(25-16-10-6-11-17-25)37-20-27(33(42)45)38-35(46)47-22-24-14-8-5-9-15-24/h5-20,23,29H,21-22H2,1-4H3,(H,38,46)(H,39,43)/t29-/m0/s1. The van der Waals surface area contributed by atoms with Crippen molar-refractivity contribution in [2.45, 2.75) is 52.3 Å². The summed E-state index contributed by atoms with van der Waals surface area (Å²) in [7, 11) is 0. The van der Waals surface area contributed by atoms with Crippen LogP contribution >= 0.6 is 0 Å². The van der Waals surface area contributed by atoms with Gasteiger partial charge in [-0.25, -0.2) is 9.78 Å². The van der Waals surface area contributed by atoms with Gasteiger partial charge in [0.1, 0.15) is 24.7 Å². The van der Waals surface area contributed by atoms with Crippen molar-refractivity contribution in [3.63, 3.8) is 0 Å². The number of carbonyl (C=O) groups is 3. The molecule has 0 aliphatic carbocycles. The molecule has 1 atom stereocenters. The largest absolute Gasteiger partial charge is 0.444 e. The summed E-state index contributed by atoms with van der Waals surface area (Å²) in [5, 5.41) is 13.3. The maximum atomic E-state index is 13.7. The number of Topliss-reactive ketones (excluding diaryl/α,β-unsaturated/α-hetero) is 1. The molecule has 5 aromatic rings. The second-order valence-electron chi connectivity index (χ2n) is 12.0. The van der Waals surface area contributed by atoms with E-state index in [-0.39, 0.29) is 35.8 Å². The molecule has 2 N–H and O–H groups in total. The van der Waals surface area contributed by atoms with Crippen molar-refractivity contribution in [2.24, 2.45) is 5.92 Å². The Kier molecular flexibility index (Phi) is 10.2. The highest BCUT2D eigenvalue weighted by molar-refractivity contribution is 5.98. The molecule has 12 heteroatoms. The Morgan fingerprint density at radius 1 is 0.896 bits per heavy atom. The van der Waals surface area contributed by atoms with Crippen molar-refractivity contribution < 1.29 is 23.5 Å². The van der Waals surface area contributed by atoms with Gasteiger partial charge in [-0.05, 0) is 30.9 Å². The lowest BCUT2D eigenvalue weighted by Gasteiger charge is -2.21. The molecule has 246 valence electrons. The van der Waals surface area contributed by atoms with Crippen LogP contribution in [0.4, 0.5) is 10.5 Å².